The van der Waals surface area contributed by atoms with Crippen LogP contribution < -0.4 is 10.6 Å². The van der Waals surface area contributed by atoms with Gasteiger partial charge in [-0.15, -0.1) is 10.2 Å². The monoisotopic (exact) mass is 399 g/mol. The maximum atomic E-state index is 12.2. The molecule has 28 heavy (non-hydrogen) atoms. The van der Waals surface area contributed by atoms with Gasteiger partial charge in [-0.1, -0.05) is 30.0 Å². The molecule has 3 rings (SSSR count). The second kappa shape index (κ2) is 9.23. The summed E-state index contributed by atoms with van der Waals surface area (Å²) in [6.45, 7) is 3.99. The largest absolute Gasteiger partial charge is 0.461 e. The first-order chi connectivity index (χ1) is 13.6. The van der Waals surface area contributed by atoms with Crippen LogP contribution in [-0.2, 0) is 9.59 Å². The smallest absolute Gasteiger partial charge is 0.242 e. The summed E-state index contributed by atoms with van der Waals surface area (Å²) in [5.74, 6) is 0.763. The van der Waals surface area contributed by atoms with Crippen molar-refractivity contribution < 1.29 is 14.0 Å². The Bertz CT molecular complexity index is 924. The maximum absolute atomic E-state index is 12.2. The Morgan fingerprint density at radius 2 is 1.96 bits per heavy atom. The number of carbonyl (C=O) groups is 2. The van der Waals surface area contributed by atoms with Crippen molar-refractivity contribution in [1.29, 1.82) is 0 Å². The minimum absolute atomic E-state index is 0.104. The molecule has 8 nitrogen and oxygen atoms in total. The Kier molecular flexibility index (Phi) is 6.49. The number of amides is 2. The number of carbonyl (C=O) groups excluding carboxylic acids is 2. The normalized spacial score (nSPS) is 11.8. The SMILES string of the molecule is CCNC(=O)[C@H](C)NC(=O)CSc1nnc(-c2ccco2)n1-c1ccccc1. The Morgan fingerprint density at radius 3 is 2.64 bits per heavy atom. The molecule has 2 amide bonds. The molecule has 146 valence electrons. The molecule has 0 saturated carbocycles. The average molecular weight is 399 g/mol. The molecule has 9 heteroatoms. The highest BCUT2D eigenvalue weighted by Crippen LogP contribution is 2.28. The van der Waals surface area contributed by atoms with Gasteiger partial charge in [0.05, 0.1) is 12.0 Å². The van der Waals surface area contributed by atoms with E-state index in [0.29, 0.717) is 23.3 Å². The lowest BCUT2D eigenvalue weighted by Crippen LogP contribution is -2.45. The zero-order valence-electron chi connectivity index (χ0n) is 15.6. The molecule has 1 aromatic carbocycles. The van der Waals surface area contributed by atoms with Crippen LogP contribution in [0.3, 0.4) is 0 Å². The number of benzene rings is 1. The zero-order chi connectivity index (χ0) is 19.9. The van der Waals surface area contributed by atoms with E-state index in [0.717, 1.165) is 5.69 Å². The van der Waals surface area contributed by atoms with E-state index in [4.69, 9.17) is 4.42 Å². The molecule has 0 fully saturated rings. The van der Waals surface area contributed by atoms with Crippen LogP contribution in [0.15, 0.2) is 58.3 Å². The van der Waals surface area contributed by atoms with E-state index >= 15 is 0 Å². The molecule has 0 unspecified atom stereocenters. The molecule has 2 N–H and O–H groups in total. The van der Waals surface area contributed by atoms with Gasteiger partial charge >= 0.3 is 0 Å². The fraction of sp³-hybridized carbons (Fsp3) is 0.263. The summed E-state index contributed by atoms with van der Waals surface area (Å²) in [5.41, 5.74) is 0.859. The van der Waals surface area contributed by atoms with Crippen molar-refractivity contribution in [3.8, 4) is 17.3 Å². The van der Waals surface area contributed by atoms with Gasteiger partial charge in [-0.2, -0.15) is 0 Å². The number of furan rings is 1. The fourth-order valence-corrected chi connectivity index (χ4v) is 3.31. The van der Waals surface area contributed by atoms with Crippen LogP contribution in [0.25, 0.3) is 17.3 Å². The van der Waals surface area contributed by atoms with Gasteiger partial charge in [-0.25, -0.2) is 0 Å². The molecule has 0 spiro atoms. The number of nitrogens with one attached hydrogen (secondary N) is 2. The molecular weight excluding hydrogens is 378 g/mol. The summed E-state index contributed by atoms with van der Waals surface area (Å²) in [4.78, 5) is 24.0. The number of thioether (sulfide) groups is 1. The number of rotatable bonds is 8. The van der Waals surface area contributed by atoms with Crippen molar-refractivity contribution in [3.63, 3.8) is 0 Å². The van der Waals surface area contributed by atoms with E-state index in [-0.39, 0.29) is 17.6 Å². The molecular formula is C19H21N5O3S. The van der Waals surface area contributed by atoms with Gasteiger partial charge in [0, 0.05) is 12.2 Å². The molecule has 2 aromatic heterocycles. The second-order valence-electron chi connectivity index (χ2n) is 5.93. The highest BCUT2D eigenvalue weighted by molar-refractivity contribution is 7.99. The summed E-state index contributed by atoms with van der Waals surface area (Å²) in [6, 6.07) is 12.6. The maximum Gasteiger partial charge on any atom is 0.242 e. The van der Waals surface area contributed by atoms with Gasteiger partial charge < -0.3 is 15.1 Å². The van der Waals surface area contributed by atoms with E-state index in [9.17, 15) is 9.59 Å². The van der Waals surface area contributed by atoms with Crippen molar-refractivity contribution in [2.24, 2.45) is 0 Å². The standard InChI is InChI=1S/C19H21N5O3S/c1-3-20-18(26)13(2)21-16(25)12-28-19-23-22-17(15-10-7-11-27-15)24(19)14-8-5-4-6-9-14/h4-11,13H,3,12H2,1-2H3,(H,20,26)(H,21,25)/t13-/m0/s1. The van der Waals surface area contributed by atoms with E-state index < -0.39 is 6.04 Å². The third-order valence-electron chi connectivity index (χ3n) is 3.84. The van der Waals surface area contributed by atoms with Crippen molar-refractivity contribution in [3.05, 3.63) is 48.7 Å². The average Bonchev–Trinajstić information content (AvgIpc) is 3.36. The third-order valence-corrected chi connectivity index (χ3v) is 4.77. The minimum Gasteiger partial charge on any atom is -0.461 e. The van der Waals surface area contributed by atoms with Crippen LogP contribution in [0.1, 0.15) is 13.8 Å². The molecule has 0 aliphatic rings. The fourth-order valence-electron chi connectivity index (χ4n) is 2.54. The molecule has 2 heterocycles. The summed E-state index contributed by atoms with van der Waals surface area (Å²) in [6.07, 6.45) is 1.57. The van der Waals surface area contributed by atoms with Crippen molar-refractivity contribution >= 4 is 23.6 Å². The quantitative estimate of drug-likeness (QED) is 0.564. The molecule has 0 radical (unpaired) electrons. The van der Waals surface area contributed by atoms with E-state index in [1.54, 1.807) is 25.3 Å². The number of hydrogen-bond donors (Lipinski definition) is 2. The highest BCUT2D eigenvalue weighted by Gasteiger charge is 2.20. The Labute approximate surface area is 166 Å². The number of aromatic nitrogens is 3. The van der Waals surface area contributed by atoms with Gasteiger partial charge in [-0.05, 0) is 38.1 Å². The Balaban J connectivity index is 1.76. The van der Waals surface area contributed by atoms with Crippen LogP contribution in [0.4, 0.5) is 0 Å². The van der Waals surface area contributed by atoms with Crippen LogP contribution in [-0.4, -0.2) is 44.9 Å². The van der Waals surface area contributed by atoms with Crippen LogP contribution in [0.2, 0.25) is 0 Å². The zero-order valence-corrected chi connectivity index (χ0v) is 16.4. The van der Waals surface area contributed by atoms with Crippen molar-refractivity contribution in [1.82, 2.24) is 25.4 Å². The van der Waals surface area contributed by atoms with E-state index in [1.807, 2.05) is 41.8 Å². The summed E-state index contributed by atoms with van der Waals surface area (Å²) in [5, 5.41) is 14.4. The minimum atomic E-state index is -0.598. The number of likely N-dealkylation sites (N-methyl/N-ethyl adjacent to an activating group) is 1. The molecule has 0 aliphatic carbocycles. The van der Waals surface area contributed by atoms with Gasteiger partial charge in [-0.3, -0.25) is 14.2 Å². The van der Waals surface area contributed by atoms with Crippen LogP contribution in [0, 0.1) is 0 Å². The lowest BCUT2D eigenvalue weighted by atomic mass is 10.3. The lowest BCUT2D eigenvalue weighted by molar-refractivity contribution is -0.127. The summed E-state index contributed by atoms with van der Waals surface area (Å²) < 4.78 is 7.30. The predicted molar refractivity (Wildman–Crippen MR) is 106 cm³/mol. The first-order valence-electron chi connectivity index (χ1n) is 8.84. The number of hydrogen-bond acceptors (Lipinski definition) is 6. The first kappa shape index (κ1) is 19.7. The molecule has 0 bridgehead atoms. The molecule has 3 aromatic rings. The van der Waals surface area contributed by atoms with Crippen LogP contribution in [0.5, 0.6) is 0 Å². The van der Waals surface area contributed by atoms with Gasteiger partial charge in [0.15, 0.2) is 10.9 Å². The summed E-state index contributed by atoms with van der Waals surface area (Å²) >= 11 is 1.24. The number of para-hydroxylation sites is 1. The third kappa shape index (κ3) is 4.61. The van der Waals surface area contributed by atoms with Crippen molar-refractivity contribution in [2.45, 2.75) is 25.0 Å². The summed E-state index contributed by atoms with van der Waals surface area (Å²) in [7, 11) is 0. The van der Waals surface area contributed by atoms with Crippen molar-refractivity contribution in [2.75, 3.05) is 12.3 Å². The van der Waals surface area contributed by atoms with Gasteiger partial charge in [0.25, 0.3) is 0 Å². The molecule has 0 saturated heterocycles. The molecule has 1 atom stereocenters. The van der Waals surface area contributed by atoms with Crippen LogP contribution >= 0.6 is 11.8 Å². The Morgan fingerprint density at radius 1 is 1.18 bits per heavy atom. The highest BCUT2D eigenvalue weighted by atomic mass is 32.2. The molecule has 0 aliphatic heterocycles. The lowest BCUT2D eigenvalue weighted by Gasteiger charge is -2.13. The van der Waals surface area contributed by atoms with Gasteiger partial charge in [0.1, 0.15) is 6.04 Å². The van der Waals surface area contributed by atoms with E-state index in [2.05, 4.69) is 20.8 Å². The Hall–Kier alpha value is -3.07. The first-order valence-corrected chi connectivity index (χ1v) is 9.83. The predicted octanol–water partition coefficient (Wildman–Crippen LogP) is 2.26. The van der Waals surface area contributed by atoms with E-state index in [1.165, 1.54) is 11.8 Å². The topological polar surface area (TPSA) is 102 Å². The number of nitrogens with zero attached hydrogens (tertiary/aromatic N) is 3. The van der Waals surface area contributed by atoms with Gasteiger partial charge in [0.2, 0.25) is 17.6 Å². The second-order valence-corrected chi connectivity index (χ2v) is 6.87.